The smallest absolute Gasteiger partial charge is 0.326 e. The number of rotatable bonds is 7. The molecule has 6 heteroatoms. The molecule has 0 aliphatic carbocycles. The maximum Gasteiger partial charge on any atom is 0.326 e. The molecule has 0 saturated heterocycles. The van der Waals surface area contributed by atoms with Crippen molar-refractivity contribution in [2.24, 2.45) is 0 Å². The zero-order valence-corrected chi connectivity index (χ0v) is 11.3. The Balaban J connectivity index is 2.81. The summed E-state index contributed by atoms with van der Waals surface area (Å²) in [6.07, 6.45) is 1.02. The van der Waals surface area contributed by atoms with Crippen LogP contribution in [0.1, 0.15) is 18.4 Å². The number of nitrogens with zero attached hydrogens (tertiary/aromatic N) is 1. The average Bonchev–Trinajstić information content (AvgIpc) is 2.38. The zero-order chi connectivity index (χ0) is 14.3. The SMILES string of the molecule is COCCCC(Nc1cc(Cl)ccc1C#N)C(=O)O. The summed E-state index contributed by atoms with van der Waals surface area (Å²) in [5, 5.41) is 21.4. The van der Waals surface area contributed by atoms with Crippen LogP contribution in [0, 0.1) is 11.3 Å². The first-order chi connectivity index (χ1) is 9.08. The van der Waals surface area contributed by atoms with Crippen LogP contribution in [-0.2, 0) is 9.53 Å². The molecular formula is C13H15ClN2O3. The third-order valence-corrected chi connectivity index (χ3v) is 2.81. The molecule has 0 aromatic heterocycles. The minimum absolute atomic E-state index is 0.363. The molecule has 0 aliphatic rings. The summed E-state index contributed by atoms with van der Waals surface area (Å²) in [5.41, 5.74) is 0.794. The Hall–Kier alpha value is -1.77. The van der Waals surface area contributed by atoms with Crippen LogP contribution in [0.2, 0.25) is 5.02 Å². The second-order valence-electron chi connectivity index (χ2n) is 3.97. The summed E-state index contributed by atoms with van der Waals surface area (Å²) in [6, 6.07) is 5.91. The number of hydrogen-bond acceptors (Lipinski definition) is 4. The first kappa shape index (κ1) is 15.3. The standard InChI is InChI=1S/C13H15ClN2O3/c1-19-6-2-3-11(13(17)18)16-12-7-10(14)5-4-9(12)8-15/h4-5,7,11,16H,2-3,6H2,1H3,(H,17,18). The molecule has 1 atom stereocenters. The average molecular weight is 283 g/mol. The van der Waals surface area contributed by atoms with Gasteiger partial charge in [-0.3, -0.25) is 0 Å². The van der Waals surface area contributed by atoms with Crippen LogP contribution in [0.25, 0.3) is 0 Å². The molecule has 0 heterocycles. The molecule has 0 fully saturated rings. The van der Waals surface area contributed by atoms with Crippen LogP contribution in [-0.4, -0.2) is 30.8 Å². The lowest BCUT2D eigenvalue weighted by Gasteiger charge is -2.16. The molecule has 0 aliphatic heterocycles. The van der Waals surface area contributed by atoms with Gasteiger partial charge in [0.2, 0.25) is 0 Å². The lowest BCUT2D eigenvalue weighted by Crippen LogP contribution is -2.29. The number of nitriles is 1. The normalized spacial score (nSPS) is 11.6. The number of halogens is 1. The number of carboxylic acid groups (broad SMARTS) is 1. The molecule has 102 valence electrons. The van der Waals surface area contributed by atoms with Crippen LogP contribution >= 0.6 is 11.6 Å². The highest BCUT2D eigenvalue weighted by atomic mass is 35.5. The van der Waals surface area contributed by atoms with E-state index in [1.807, 2.05) is 6.07 Å². The van der Waals surface area contributed by atoms with Gasteiger partial charge in [0.1, 0.15) is 12.1 Å². The van der Waals surface area contributed by atoms with Gasteiger partial charge < -0.3 is 15.2 Å². The van der Waals surface area contributed by atoms with Gasteiger partial charge in [-0.05, 0) is 31.0 Å². The highest BCUT2D eigenvalue weighted by molar-refractivity contribution is 6.30. The van der Waals surface area contributed by atoms with E-state index in [9.17, 15) is 4.79 Å². The first-order valence-electron chi connectivity index (χ1n) is 5.76. The van der Waals surface area contributed by atoms with Crippen molar-refractivity contribution in [3.05, 3.63) is 28.8 Å². The van der Waals surface area contributed by atoms with Gasteiger partial charge in [0.15, 0.2) is 0 Å². The molecule has 0 saturated carbocycles. The molecule has 0 amide bonds. The van der Waals surface area contributed by atoms with Gasteiger partial charge in [-0.2, -0.15) is 5.26 Å². The van der Waals surface area contributed by atoms with Crippen molar-refractivity contribution in [3.8, 4) is 6.07 Å². The van der Waals surface area contributed by atoms with Gasteiger partial charge in [-0.25, -0.2) is 4.79 Å². The third kappa shape index (κ3) is 4.78. The van der Waals surface area contributed by atoms with Gasteiger partial charge in [-0.1, -0.05) is 11.6 Å². The van der Waals surface area contributed by atoms with Crippen molar-refractivity contribution in [2.45, 2.75) is 18.9 Å². The van der Waals surface area contributed by atoms with Gasteiger partial charge in [0, 0.05) is 18.7 Å². The van der Waals surface area contributed by atoms with Gasteiger partial charge in [-0.15, -0.1) is 0 Å². The Labute approximate surface area is 116 Å². The fraction of sp³-hybridized carbons (Fsp3) is 0.385. The fourth-order valence-electron chi connectivity index (χ4n) is 1.61. The summed E-state index contributed by atoms with van der Waals surface area (Å²) in [4.78, 5) is 11.2. The third-order valence-electron chi connectivity index (χ3n) is 2.57. The van der Waals surface area contributed by atoms with E-state index in [0.29, 0.717) is 35.7 Å². The topological polar surface area (TPSA) is 82.3 Å². The number of anilines is 1. The van der Waals surface area contributed by atoms with Gasteiger partial charge in [0.05, 0.1) is 11.3 Å². The van der Waals surface area contributed by atoms with Crippen LogP contribution in [0.4, 0.5) is 5.69 Å². The predicted octanol–water partition coefficient (Wildman–Crippen LogP) is 2.50. The number of hydrogen-bond donors (Lipinski definition) is 2. The Bertz CT molecular complexity index is 485. The number of nitrogens with one attached hydrogen (secondary N) is 1. The molecule has 0 spiro atoms. The minimum atomic E-state index is -0.972. The maximum absolute atomic E-state index is 11.2. The van der Waals surface area contributed by atoms with E-state index in [4.69, 9.17) is 26.7 Å². The highest BCUT2D eigenvalue weighted by Crippen LogP contribution is 2.22. The van der Waals surface area contributed by atoms with Gasteiger partial charge >= 0.3 is 5.97 Å². The first-order valence-corrected chi connectivity index (χ1v) is 6.14. The number of ether oxygens (including phenoxy) is 1. The molecule has 5 nitrogen and oxygen atoms in total. The van der Waals surface area contributed by atoms with Crippen molar-refractivity contribution >= 4 is 23.3 Å². The zero-order valence-electron chi connectivity index (χ0n) is 10.5. The second-order valence-corrected chi connectivity index (χ2v) is 4.41. The Morgan fingerprint density at radius 2 is 2.37 bits per heavy atom. The van der Waals surface area contributed by atoms with E-state index in [0.717, 1.165) is 0 Å². The molecular weight excluding hydrogens is 268 g/mol. The summed E-state index contributed by atoms with van der Waals surface area (Å²) in [7, 11) is 1.56. The number of methoxy groups -OCH3 is 1. The molecule has 2 N–H and O–H groups in total. The lowest BCUT2D eigenvalue weighted by atomic mass is 10.1. The largest absolute Gasteiger partial charge is 0.480 e. The Morgan fingerprint density at radius 1 is 1.63 bits per heavy atom. The molecule has 19 heavy (non-hydrogen) atoms. The van der Waals surface area contributed by atoms with Crippen LogP contribution in [0.5, 0.6) is 0 Å². The number of aliphatic carboxylic acids is 1. The Morgan fingerprint density at radius 3 is 2.95 bits per heavy atom. The second kappa shape index (κ2) is 7.62. The van der Waals surface area contributed by atoms with Crippen LogP contribution in [0.15, 0.2) is 18.2 Å². The molecule has 1 aromatic carbocycles. The molecule has 1 aromatic rings. The fourth-order valence-corrected chi connectivity index (χ4v) is 1.78. The van der Waals surface area contributed by atoms with Crippen molar-refractivity contribution < 1.29 is 14.6 Å². The summed E-state index contributed by atoms with van der Waals surface area (Å²) >= 11 is 5.85. The minimum Gasteiger partial charge on any atom is -0.480 e. The van der Waals surface area contributed by atoms with Crippen molar-refractivity contribution in [3.63, 3.8) is 0 Å². The van der Waals surface area contributed by atoms with E-state index < -0.39 is 12.0 Å². The summed E-state index contributed by atoms with van der Waals surface area (Å²) in [6.45, 7) is 0.492. The predicted molar refractivity (Wildman–Crippen MR) is 72.3 cm³/mol. The number of benzene rings is 1. The Kier molecular flexibility index (Phi) is 6.13. The van der Waals surface area contributed by atoms with Crippen molar-refractivity contribution in [1.29, 1.82) is 5.26 Å². The maximum atomic E-state index is 11.2. The van der Waals surface area contributed by atoms with Crippen molar-refractivity contribution in [2.75, 3.05) is 19.0 Å². The monoisotopic (exact) mass is 282 g/mol. The van der Waals surface area contributed by atoms with E-state index in [2.05, 4.69) is 5.32 Å². The number of carboxylic acids is 1. The highest BCUT2D eigenvalue weighted by Gasteiger charge is 2.18. The number of carbonyl (C=O) groups is 1. The molecule has 1 unspecified atom stereocenters. The van der Waals surface area contributed by atoms with Crippen LogP contribution < -0.4 is 5.32 Å². The van der Waals surface area contributed by atoms with Gasteiger partial charge in [0.25, 0.3) is 0 Å². The van der Waals surface area contributed by atoms with E-state index in [-0.39, 0.29) is 0 Å². The van der Waals surface area contributed by atoms with E-state index in [1.54, 1.807) is 25.3 Å². The quantitative estimate of drug-likeness (QED) is 0.751. The lowest BCUT2D eigenvalue weighted by molar-refractivity contribution is -0.138. The summed E-state index contributed by atoms with van der Waals surface area (Å²) in [5.74, 6) is -0.972. The molecule has 1 rings (SSSR count). The van der Waals surface area contributed by atoms with E-state index >= 15 is 0 Å². The molecule has 0 radical (unpaired) electrons. The van der Waals surface area contributed by atoms with Crippen molar-refractivity contribution in [1.82, 2.24) is 0 Å². The van der Waals surface area contributed by atoms with E-state index in [1.165, 1.54) is 0 Å². The molecule has 0 bridgehead atoms. The summed E-state index contributed by atoms with van der Waals surface area (Å²) < 4.78 is 4.89. The van der Waals surface area contributed by atoms with Crippen LogP contribution in [0.3, 0.4) is 0 Å².